The Bertz CT molecular complexity index is 577. The summed E-state index contributed by atoms with van der Waals surface area (Å²) in [7, 11) is -1.48. The first-order chi connectivity index (χ1) is 13.6. The van der Waals surface area contributed by atoms with Crippen molar-refractivity contribution in [1.29, 1.82) is 0 Å². The quantitative estimate of drug-likeness (QED) is 0.302. The molecular weight excluding hydrogens is 390 g/mol. The number of hydrogen-bond acceptors (Lipinski definition) is 5. The molecule has 0 amide bonds. The number of piperazine rings is 1. The van der Waals surface area contributed by atoms with Gasteiger partial charge in [0.2, 0.25) is 10.0 Å². The van der Waals surface area contributed by atoms with E-state index < -0.39 is 10.0 Å². The van der Waals surface area contributed by atoms with Gasteiger partial charge in [0.15, 0.2) is 5.96 Å². The van der Waals surface area contributed by atoms with E-state index in [1.165, 1.54) is 0 Å². The van der Waals surface area contributed by atoms with Gasteiger partial charge in [0, 0.05) is 58.4 Å². The zero-order valence-electron chi connectivity index (χ0n) is 19.5. The van der Waals surface area contributed by atoms with E-state index in [9.17, 15) is 8.42 Å². The van der Waals surface area contributed by atoms with Gasteiger partial charge in [-0.25, -0.2) is 8.42 Å². The van der Waals surface area contributed by atoms with E-state index in [1.54, 1.807) is 11.4 Å². The van der Waals surface area contributed by atoms with Crippen molar-refractivity contribution < 1.29 is 13.2 Å². The second-order valence-corrected chi connectivity index (χ2v) is 10.5. The van der Waals surface area contributed by atoms with Gasteiger partial charge in [-0.3, -0.25) is 9.89 Å². The fourth-order valence-corrected chi connectivity index (χ4v) is 4.89. The lowest BCUT2D eigenvalue weighted by molar-refractivity contribution is 0.0904. The van der Waals surface area contributed by atoms with E-state index >= 15 is 0 Å². The number of sulfonamides is 1. The summed E-state index contributed by atoms with van der Waals surface area (Å²) in [4.78, 5) is 9.01. The van der Waals surface area contributed by atoms with Crippen LogP contribution in [0.1, 0.15) is 48.0 Å². The van der Waals surface area contributed by atoms with Crippen molar-refractivity contribution in [3.05, 3.63) is 0 Å². The lowest BCUT2D eigenvalue weighted by Gasteiger charge is -2.36. The van der Waals surface area contributed by atoms with Gasteiger partial charge in [-0.1, -0.05) is 0 Å². The second-order valence-electron chi connectivity index (χ2n) is 8.37. The normalized spacial score (nSPS) is 17.2. The number of guanidine groups is 1. The minimum absolute atomic E-state index is 0.0420. The van der Waals surface area contributed by atoms with Gasteiger partial charge >= 0.3 is 0 Å². The van der Waals surface area contributed by atoms with Gasteiger partial charge in [0.25, 0.3) is 0 Å². The van der Waals surface area contributed by atoms with E-state index in [0.29, 0.717) is 38.3 Å². The molecule has 0 aromatic rings. The largest absolute Gasteiger partial charge is 0.378 e. The molecule has 0 radical (unpaired) electrons. The summed E-state index contributed by atoms with van der Waals surface area (Å²) in [5, 5.41) is 3.43. The van der Waals surface area contributed by atoms with Gasteiger partial charge in [-0.05, 0) is 48.0 Å². The molecule has 8 nitrogen and oxygen atoms in total. The molecule has 172 valence electrons. The zero-order valence-corrected chi connectivity index (χ0v) is 20.3. The highest BCUT2D eigenvalue weighted by Gasteiger charge is 2.28. The van der Waals surface area contributed by atoms with Gasteiger partial charge in [0.05, 0.1) is 18.5 Å². The highest BCUT2D eigenvalue weighted by molar-refractivity contribution is 7.89. The molecule has 0 spiro atoms. The molecular formula is C20H43N5O3S. The van der Waals surface area contributed by atoms with Crippen molar-refractivity contribution >= 4 is 16.0 Å². The number of ether oxygens (including phenoxy) is 1. The maximum absolute atomic E-state index is 12.5. The standard InChI is InChI=1S/C20H43N5O3S/c1-17(2)25(18(3)4)10-8-9-22-20(21-7)23-11-13-24(14-12-23)29(26,27)16-15-28-19(5)6/h17-19H,8-16H2,1-7H3,(H,21,22). The monoisotopic (exact) mass is 433 g/mol. The van der Waals surface area contributed by atoms with E-state index in [-0.39, 0.29) is 18.5 Å². The number of nitrogens with zero attached hydrogens (tertiary/aromatic N) is 4. The Balaban J connectivity index is 2.42. The van der Waals surface area contributed by atoms with Gasteiger partial charge in [0.1, 0.15) is 0 Å². The Labute approximate surface area is 178 Å². The molecule has 1 aliphatic heterocycles. The van der Waals surface area contributed by atoms with Crippen LogP contribution in [0.4, 0.5) is 0 Å². The average molecular weight is 434 g/mol. The third-order valence-corrected chi connectivity index (χ3v) is 6.97. The molecule has 1 aliphatic rings. The molecule has 1 rings (SSSR count). The van der Waals surface area contributed by atoms with E-state index in [4.69, 9.17) is 4.74 Å². The second kappa shape index (κ2) is 12.7. The van der Waals surface area contributed by atoms with Crippen LogP contribution in [0.5, 0.6) is 0 Å². The lowest BCUT2D eigenvalue weighted by atomic mass is 10.2. The van der Waals surface area contributed by atoms with Crippen molar-refractivity contribution in [1.82, 2.24) is 19.4 Å². The average Bonchev–Trinajstić information content (AvgIpc) is 2.63. The first-order valence-electron chi connectivity index (χ1n) is 10.9. The maximum atomic E-state index is 12.5. The molecule has 0 aromatic carbocycles. The fraction of sp³-hybridized carbons (Fsp3) is 0.950. The first-order valence-corrected chi connectivity index (χ1v) is 12.5. The Morgan fingerprint density at radius 3 is 2.14 bits per heavy atom. The van der Waals surface area contributed by atoms with Gasteiger partial charge in [-0.15, -0.1) is 0 Å². The molecule has 1 heterocycles. The SMILES string of the molecule is CN=C(NCCCN(C(C)C)C(C)C)N1CCN(S(=O)(=O)CCOC(C)C)CC1. The van der Waals surface area contributed by atoms with Gasteiger partial charge in [-0.2, -0.15) is 4.31 Å². The lowest BCUT2D eigenvalue weighted by Crippen LogP contribution is -2.54. The molecule has 0 aliphatic carbocycles. The van der Waals surface area contributed by atoms with Crippen LogP contribution in [0.25, 0.3) is 0 Å². The molecule has 29 heavy (non-hydrogen) atoms. The summed E-state index contributed by atoms with van der Waals surface area (Å²) < 4.78 is 31.9. The van der Waals surface area contributed by atoms with Crippen LogP contribution < -0.4 is 5.32 Å². The number of rotatable bonds is 11. The van der Waals surface area contributed by atoms with E-state index in [1.807, 2.05) is 13.8 Å². The maximum Gasteiger partial charge on any atom is 0.216 e. The predicted octanol–water partition coefficient (Wildman–Crippen LogP) is 1.44. The summed E-state index contributed by atoms with van der Waals surface area (Å²) >= 11 is 0. The third-order valence-electron chi connectivity index (χ3n) is 5.14. The zero-order chi connectivity index (χ0) is 22.0. The summed E-state index contributed by atoms with van der Waals surface area (Å²) in [5.41, 5.74) is 0. The van der Waals surface area contributed by atoms with E-state index in [2.05, 4.69) is 47.8 Å². The molecule has 0 aromatic heterocycles. The van der Waals surface area contributed by atoms with Crippen LogP contribution in [0.2, 0.25) is 0 Å². The Hall–Kier alpha value is -0.900. The molecule has 9 heteroatoms. The smallest absolute Gasteiger partial charge is 0.216 e. The van der Waals surface area contributed by atoms with Crippen LogP contribution in [-0.2, 0) is 14.8 Å². The molecule has 0 bridgehead atoms. The van der Waals surface area contributed by atoms with Crippen LogP contribution in [-0.4, -0.2) is 105 Å². The Morgan fingerprint density at radius 1 is 1.07 bits per heavy atom. The third kappa shape index (κ3) is 9.19. The summed E-state index contributed by atoms with van der Waals surface area (Å²) in [6.07, 6.45) is 1.09. The Morgan fingerprint density at radius 2 is 1.66 bits per heavy atom. The predicted molar refractivity (Wildman–Crippen MR) is 121 cm³/mol. The number of nitrogens with one attached hydrogen (secondary N) is 1. The topological polar surface area (TPSA) is 77.5 Å². The van der Waals surface area contributed by atoms with Gasteiger partial charge < -0.3 is 15.0 Å². The fourth-order valence-electron chi connectivity index (χ4n) is 3.60. The van der Waals surface area contributed by atoms with Crippen LogP contribution in [0, 0.1) is 0 Å². The molecule has 1 N–H and O–H groups in total. The van der Waals surface area contributed by atoms with Crippen molar-refractivity contribution in [3.63, 3.8) is 0 Å². The first kappa shape index (κ1) is 26.1. The van der Waals surface area contributed by atoms with Crippen LogP contribution in [0.15, 0.2) is 4.99 Å². The van der Waals surface area contributed by atoms with Crippen LogP contribution >= 0.6 is 0 Å². The van der Waals surface area contributed by atoms with E-state index in [0.717, 1.165) is 25.5 Å². The minimum Gasteiger partial charge on any atom is -0.378 e. The highest BCUT2D eigenvalue weighted by Crippen LogP contribution is 2.09. The summed E-state index contributed by atoms with van der Waals surface area (Å²) in [5.74, 6) is 0.895. The molecule has 1 fully saturated rings. The van der Waals surface area contributed by atoms with Crippen molar-refractivity contribution in [3.8, 4) is 0 Å². The minimum atomic E-state index is -3.27. The number of hydrogen-bond donors (Lipinski definition) is 1. The number of aliphatic imine (C=N–C) groups is 1. The highest BCUT2D eigenvalue weighted by atomic mass is 32.2. The Kier molecular flexibility index (Phi) is 11.5. The summed E-state index contributed by atoms with van der Waals surface area (Å²) in [6, 6.07) is 1.07. The van der Waals surface area contributed by atoms with Crippen molar-refractivity contribution in [2.45, 2.75) is 66.2 Å². The summed E-state index contributed by atoms with van der Waals surface area (Å²) in [6.45, 7) is 17.2. The molecule has 0 saturated carbocycles. The van der Waals surface area contributed by atoms with Crippen molar-refractivity contribution in [2.75, 3.05) is 58.7 Å². The molecule has 0 atom stereocenters. The van der Waals surface area contributed by atoms with Crippen LogP contribution in [0.3, 0.4) is 0 Å². The van der Waals surface area contributed by atoms with Crippen molar-refractivity contribution in [2.24, 2.45) is 4.99 Å². The molecule has 0 unspecified atom stereocenters. The molecule has 1 saturated heterocycles.